The van der Waals surface area contributed by atoms with Crippen LogP contribution in [0.1, 0.15) is 51.0 Å². The van der Waals surface area contributed by atoms with Crippen molar-refractivity contribution in [3.05, 3.63) is 88.0 Å². The monoisotopic (exact) mass is 547 g/mol. The Morgan fingerprint density at radius 3 is 2.37 bits per heavy atom. The molecule has 0 saturated carbocycles. The number of carbonyl (C=O) groups excluding carboxylic acids is 2. The third kappa shape index (κ3) is 5.39. The number of nitrogens with zero attached hydrogens (tertiary/aromatic N) is 4. The Hall–Kier alpha value is -4.31. The molecule has 0 unspecified atom stereocenters. The number of benzene rings is 3. The van der Waals surface area contributed by atoms with Gasteiger partial charge in [0.25, 0.3) is 5.91 Å². The number of hydrogen-bond acceptors (Lipinski definition) is 5. The summed E-state index contributed by atoms with van der Waals surface area (Å²) in [5.41, 5.74) is 9.17. The molecular weight excluding hydrogens is 510 g/mol. The van der Waals surface area contributed by atoms with Crippen LogP contribution in [0.15, 0.2) is 54.6 Å². The largest absolute Gasteiger partial charge is 0.370 e. The second-order valence-corrected chi connectivity index (χ2v) is 11.7. The summed E-state index contributed by atoms with van der Waals surface area (Å²) in [4.78, 5) is 32.3. The van der Waals surface area contributed by atoms with E-state index in [0.717, 1.165) is 84.8 Å². The average molecular weight is 548 g/mol. The molecule has 3 aromatic rings. The smallest absolute Gasteiger partial charge is 0.254 e. The quantitative estimate of drug-likeness (QED) is 0.481. The van der Waals surface area contributed by atoms with E-state index in [2.05, 4.69) is 46.3 Å². The van der Waals surface area contributed by atoms with E-state index < -0.39 is 0 Å². The third-order valence-corrected chi connectivity index (χ3v) is 9.05. The fourth-order valence-corrected chi connectivity index (χ4v) is 6.70. The normalized spacial score (nSPS) is 17.3. The maximum Gasteiger partial charge on any atom is 0.254 e. The molecular formula is C34H37N5O2. The van der Waals surface area contributed by atoms with Crippen LogP contribution in [0.25, 0.3) is 0 Å². The lowest BCUT2D eigenvalue weighted by Gasteiger charge is -2.37. The first-order chi connectivity index (χ1) is 19.9. The molecule has 210 valence electrons. The van der Waals surface area contributed by atoms with Gasteiger partial charge in [0.1, 0.15) is 6.07 Å². The van der Waals surface area contributed by atoms with Crippen molar-refractivity contribution >= 4 is 28.9 Å². The standard InChI is InChI=1S/C34H37N5O2/c1-23-18-24(2)29(20-28(23)19-25-10-12-37(13-11-25)30-8-4-3-6-27(30)22-35)34(41)39-16-14-38(15-17-39)31-9-5-7-26-21-32(40)36-33(26)31/h3-9,18,20,25H,10-17,19,21H2,1-2H3,(H,36,40). The van der Waals surface area contributed by atoms with Crippen molar-refractivity contribution in [3.63, 3.8) is 0 Å². The predicted octanol–water partition coefficient (Wildman–Crippen LogP) is 5.09. The minimum atomic E-state index is 0.0433. The number of aryl methyl sites for hydroxylation is 2. The van der Waals surface area contributed by atoms with Gasteiger partial charge in [0.05, 0.1) is 29.0 Å². The minimum absolute atomic E-state index is 0.0433. The van der Waals surface area contributed by atoms with Gasteiger partial charge in [-0.3, -0.25) is 9.59 Å². The van der Waals surface area contributed by atoms with Gasteiger partial charge in [-0.15, -0.1) is 0 Å². The van der Waals surface area contributed by atoms with Crippen molar-refractivity contribution in [2.45, 2.75) is 39.5 Å². The summed E-state index contributed by atoms with van der Waals surface area (Å²) in [6.45, 7) is 8.87. The fourth-order valence-electron chi connectivity index (χ4n) is 6.70. The van der Waals surface area contributed by atoms with E-state index in [9.17, 15) is 14.9 Å². The van der Waals surface area contributed by atoms with Crippen LogP contribution in [0.3, 0.4) is 0 Å². The van der Waals surface area contributed by atoms with Crippen molar-refractivity contribution in [2.75, 3.05) is 54.4 Å². The highest BCUT2D eigenvalue weighted by molar-refractivity contribution is 6.03. The SMILES string of the molecule is Cc1cc(C)c(C(=O)N2CCN(c3cccc4c3NC(=O)C4)CC2)cc1CC1CCN(c2ccccc2C#N)CC1. The molecule has 2 fully saturated rings. The fraction of sp³-hybridized carbons (Fsp3) is 0.382. The molecule has 0 spiro atoms. The number of nitrogens with one attached hydrogen (secondary N) is 1. The highest BCUT2D eigenvalue weighted by Crippen LogP contribution is 2.35. The Labute approximate surface area is 242 Å². The number of piperazine rings is 1. The first kappa shape index (κ1) is 26.9. The van der Waals surface area contributed by atoms with Gasteiger partial charge in [-0.05, 0) is 85.5 Å². The molecule has 2 amide bonds. The summed E-state index contributed by atoms with van der Waals surface area (Å²) in [7, 11) is 0. The molecule has 0 radical (unpaired) electrons. The van der Waals surface area contributed by atoms with Crippen molar-refractivity contribution < 1.29 is 9.59 Å². The first-order valence-corrected chi connectivity index (χ1v) is 14.7. The number of carbonyl (C=O) groups is 2. The Kier molecular flexibility index (Phi) is 7.40. The molecule has 3 aromatic carbocycles. The zero-order chi connectivity index (χ0) is 28.5. The van der Waals surface area contributed by atoms with E-state index in [-0.39, 0.29) is 11.8 Å². The number of nitriles is 1. The van der Waals surface area contributed by atoms with Gasteiger partial charge in [0, 0.05) is 44.8 Å². The van der Waals surface area contributed by atoms with Gasteiger partial charge < -0.3 is 20.0 Å². The number of fused-ring (bicyclic) bond motifs is 1. The van der Waals surface area contributed by atoms with E-state index in [4.69, 9.17) is 0 Å². The first-order valence-electron chi connectivity index (χ1n) is 14.7. The van der Waals surface area contributed by atoms with Gasteiger partial charge in [0.15, 0.2) is 0 Å². The summed E-state index contributed by atoms with van der Waals surface area (Å²) in [5.74, 6) is 0.709. The van der Waals surface area contributed by atoms with Crippen LogP contribution >= 0.6 is 0 Å². The molecule has 2 saturated heterocycles. The number of amides is 2. The van der Waals surface area contributed by atoms with Crippen molar-refractivity contribution in [2.24, 2.45) is 5.92 Å². The van der Waals surface area contributed by atoms with E-state index in [0.29, 0.717) is 25.4 Å². The molecule has 7 heteroatoms. The van der Waals surface area contributed by atoms with Gasteiger partial charge >= 0.3 is 0 Å². The lowest BCUT2D eigenvalue weighted by molar-refractivity contribution is -0.115. The molecule has 41 heavy (non-hydrogen) atoms. The molecule has 0 aromatic heterocycles. The number of hydrogen-bond donors (Lipinski definition) is 1. The predicted molar refractivity (Wildman–Crippen MR) is 163 cm³/mol. The molecule has 3 aliphatic rings. The van der Waals surface area contributed by atoms with Crippen LogP contribution in [-0.2, 0) is 17.6 Å². The van der Waals surface area contributed by atoms with Crippen molar-refractivity contribution in [3.8, 4) is 6.07 Å². The van der Waals surface area contributed by atoms with Gasteiger partial charge in [0.2, 0.25) is 5.91 Å². The van der Waals surface area contributed by atoms with E-state index >= 15 is 0 Å². The summed E-state index contributed by atoms with van der Waals surface area (Å²) < 4.78 is 0. The minimum Gasteiger partial charge on any atom is -0.370 e. The second-order valence-electron chi connectivity index (χ2n) is 11.7. The molecule has 6 rings (SSSR count). The van der Waals surface area contributed by atoms with E-state index in [1.807, 2.05) is 48.2 Å². The lowest BCUT2D eigenvalue weighted by Crippen LogP contribution is -2.49. The third-order valence-electron chi connectivity index (χ3n) is 9.05. The van der Waals surface area contributed by atoms with E-state index in [1.165, 1.54) is 11.1 Å². The van der Waals surface area contributed by atoms with Crippen LogP contribution in [-0.4, -0.2) is 56.0 Å². The molecule has 0 aliphatic carbocycles. The molecule has 0 atom stereocenters. The Morgan fingerprint density at radius 1 is 0.902 bits per heavy atom. The Bertz CT molecular complexity index is 1520. The molecule has 7 nitrogen and oxygen atoms in total. The van der Waals surface area contributed by atoms with Gasteiger partial charge in [-0.1, -0.05) is 30.3 Å². The van der Waals surface area contributed by atoms with Crippen molar-refractivity contribution in [1.82, 2.24) is 4.90 Å². The number of rotatable bonds is 5. The zero-order valence-corrected chi connectivity index (χ0v) is 23.9. The summed E-state index contributed by atoms with van der Waals surface area (Å²) in [6.07, 6.45) is 3.55. The maximum atomic E-state index is 13.7. The van der Waals surface area contributed by atoms with E-state index in [1.54, 1.807) is 0 Å². The summed E-state index contributed by atoms with van der Waals surface area (Å²) in [6, 6.07) is 20.6. The van der Waals surface area contributed by atoms with Crippen LogP contribution in [0.5, 0.6) is 0 Å². The topological polar surface area (TPSA) is 79.7 Å². The lowest BCUT2D eigenvalue weighted by atomic mass is 9.86. The number of piperidine rings is 1. The van der Waals surface area contributed by atoms with Gasteiger partial charge in [-0.2, -0.15) is 5.26 Å². The molecule has 3 heterocycles. The summed E-state index contributed by atoms with van der Waals surface area (Å²) >= 11 is 0. The van der Waals surface area contributed by atoms with Crippen LogP contribution in [0, 0.1) is 31.1 Å². The van der Waals surface area contributed by atoms with Crippen LogP contribution in [0.4, 0.5) is 17.1 Å². The summed E-state index contributed by atoms with van der Waals surface area (Å²) in [5, 5.41) is 12.5. The molecule has 1 N–H and O–H groups in total. The van der Waals surface area contributed by atoms with Crippen molar-refractivity contribution in [1.29, 1.82) is 5.26 Å². The average Bonchev–Trinajstić information content (AvgIpc) is 3.39. The Morgan fingerprint density at radius 2 is 1.61 bits per heavy atom. The maximum absolute atomic E-state index is 13.7. The van der Waals surface area contributed by atoms with Crippen LogP contribution < -0.4 is 15.1 Å². The second kappa shape index (κ2) is 11.3. The molecule has 0 bridgehead atoms. The highest BCUT2D eigenvalue weighted by Gasteiger charge is 2.28. The van der Waals surface area contributed by atoms with Gasteiger partial charge in [-0.25, -0.2) is 0 Å². The number of para-hydroxylation sites is 2. The highest BCUT2D eigenvalue weighted by atomic mass is 16.2. The number of anilines is 3. The van der Waals surface area contributed by atoms with Crippen LogP contribution in [0.2, 0.25) is 0 Å². The zero-order valence-electron chi connectivity index (χ0n) is 23.9. The molecule has 3 aliphatic heterocycles. The Balaban J connectivity index is 1.10.